The highest BCUT2D eigenvalue weighted by Gasteiger charge is 2.04. The summed E-state index contributed by atoms with van der Waals surface area (Å²) in [5.74, 6) is 1.56. The van der Waals surface area contributed by atoms with Crippen molar-refractivity contribution in [3.63, 3.8) is 0 Å². The van der Waals surface area contributed by atoms with Crippen molar-refractivity contribution in [1.82, 2.24) is 0 Å². The molecule has 0 fully saturated rings. The van der Waals surface area contributed by atoms with Crippen molar-refractivity contribution in [3.8, 4) is 11.5 Å². The minimum atomic E-state index is 0.243. The Bertz CT molecular complexity index is 289. The van der Waals surface area contributed by atoms with E-state index < -0.39 is 0 Å². The molecule has 0 amide bonds. The van der Waals surface area contributed by atoms with Gasteiger partial charge in [-0.05, 0) is 6.07 Å². The highest BCUT2D eigenvalue weighted by molar-refractivity contribution is 9.08. The normalized spacial score (nSPS) is 9.93. The van der Waals surface area contributed by atoms with E-state index in [1.807, 2.05) is 18.2 Å². The van der Waals surface area contributed by atoms with Gasteiger partial charge >= 0.3 is 0 Å². The molecule has 0 bridgehead atoms. The molecular formula is C10H13BrO3. The molecule has 1 aromatic carbocycles. The first kappa shape index (κ1) is 11.3. The molecule has 0 saturated carbocycles. The average molecular weight is 261 g/mol. The monoisotopic (exact) mass is 260 g/mol. The van der Waals surface area contributed by atoms with E-state index in [9.17, 15) is 0 Å². The molecule has 78 valence electrons. The maximum atomic E-state index is 5.39. The summed E-state index contributed by atoms with van der Waals surface area (Å²) in [6.07, 6.45) is 0. The molecule has 0 unspecified atom stereocenters. The van der Waals surface area contributed by atoms with Gasteiger partial charge in [-0.25, -0.2) is 0 Å². The predicted octanol–water partition coefficient (Wildman–Crippen LogP) is 2.57. The van der Waals surface area contributed by atoms with E-state index in [2.05, 4.69) is 15.9 Å². The number of rotatable bonds is 5. The van der Waals surface area contributed by atoms with Crippen molar-refractivity contribution in [3.05, 3.63) is 23.8 Å². The van der Waals surface area contributed by atoms with Crippen LogP contribution < -0.4 is 9.47 Å². The van der Waals surface area contributed by atoms with Gasteiger partial charge in [-0.2, -0.15) is 0 Å². The Hall–Kier alpha value is -0.740. The summed E-state index contributed by atoms with van der Waals surface area (Å²) in [5, 5.41) is 0.746. The molecular weight excluding hydrogens is 248 g/mol. The van der Waals surface area contributed by atoms with Gasteiger partial charge in [-0.15, -0.1) is 0 Å². The van der Waals surface area contributed by atoms with E-state index in [0.29, 0.717) is 0 Å². The zero-order valence-corrected chi connectivity index (χ0v) is 9.83. The third kappa shape index (κ3) is 2.89. The molecule has 0 aliphatic heterocycles. The van der Waals surface area contributed by atoms with E-state index in [0.717, 1.165) is 22.4 Å². The van der Waals surface area contributed by atoms with E-state index in [4.69, 9.17) is 14.2 Å². The lowest BCUT2D eigenvalue weighted by Crippen LogP contribution is -2.01. The Morgan fingerprint density at radius 1 is 1.29 bits per heavy atom. The lowest BCUT2D eigenvalue weighted by Gasteiger charge is -2.10. The van der Waals surface area contributed by atoms with E-state index in [-0.39, 0.29) is 6.79 Å². The second-order valence-electron chi connectivity index (χ2n) is 2.66. The lowest BCUT2D eigenvalue weighted by atomic mass is 10.2. The van der Waals surface area contributed by atoms with Crippen LogP contribution in [0.15, 0.2) is 18.2 Å². The van der Waals surface area contributed by atoms with Crippen molar-refractivity contribution < 1.29 is 14.2 Å². The van der Waals surface area contributed by atoms with Gasteiger partial charge in [0.2, 0.25) is 0 Å². The highest BCUT2D eigenvalue weighted by atomic mass is 79.9. The molecule has 1 rings (SSSR count). The van der Waals surface area contributed by atoms with Crippen molar-refractivity contribution in [2.75, 3.05) is 21.0 Å². The number of ether oxygens (including phenoxy) is 3. The van der Waals surface area contributed by atoms with E-state index in [1.54, 1.807) is 14.2 Å². The Morgan fingerprint density at radius 2 is 2.07 bits per heavy atom. The van der Waals surface area contributed by atoms with Gasteiger partial charge in [0.05, 0.1) is 7.11 Å². The van der Waals surface area contributed by atoms with Crippen LogP contribution >= 0.6 is 15.9 Å². The number of benzene rings is 1. The minimum absolute atomic E-state index is 0.243. The van der Waals surface area contributed by atoms with Gasteiger partial charge in [-0.3, -0.25) is 0 Å². The molecule has 0 heterocycles. The zero-order valence-electron chi connectivity index (χ0n) is 8.25. The highest BCUT2D eigenvalue weighted by Crippen LogP contribution is 2.26. The SMILES string of the molecule is COCOc1cc(OC)ccc1CBr. The molecule has 0 N–H and O–H groups in total. The van der Waals surface area contributed by atoms with Crippen LogP contribution in [0.3, 0.4) is 0 Å². The maximum absolute atomic E-state index is 5.39. The fourth-order valence-electron chi connectivity index (χ4n) is 1.03. The van der Waals surface area contributed by atoms with Crippen LogP contribution in [0, 0.1) is 0 Å². The quantitative estimate of drug-likeness (QED) is 0.602. The molecule has 3 nitrogen and oxygen atoms in total. The lowest BCUT2D eigenvalue weighted by molar-refractivity contribution is 0.0504. The largest absolute Gasteiger partial charge is 0.497 e. The smallest absolute Gasteiger partial charge is 0.188 e. The van der Waals surface area contributed by atoms with E-state index >= 15 is 0 Å². The second kappa shape index (κ2) is 5.88. The summed E-state index contributed by atoms with van der Waals surface area (Å²) in [6, 6.07) is 5.70. The Balaban J connectivity index is 2.84. The second-order valence-corrected chi connectivity index (χ2v) is 3.22. The summed E-state index contributed by atoms with van der Waals surface area (Å²) < 4.78 is 15.3. The van der Waals surface area contributed by atoms with Crippen LogP contribution in [-0.4, -0.2) is 21.0 Å². The minimum Gasteiger partial charge on any atom is -0.497 e. The summed E-state index contributed by atoms with van der Waals surface area (Å²) in [4.78, 5) is 0. The van der Waals surface area contributed by atoms with Crippen LogP contribution in [0.5, 0.6) is 11.5 Å². The topological polar surface area (TPSA) is 27.7 Å². The first-order valence-electron chi connectivity index (χ1n) is 4.16. The summed E-state index contributed by atoms with van der Waals surface area (Å²) in [5.41, 5.74) is 1.07. The van der Waals surface area contributed by atoms with Crippen LogP contribution in [0.25, 0.3) is 0 Å². The molecule has 0 atom stereocenters. The Labute approximate surface area is 92.1 Å². The van der Waals surface area contributed by atoms with Crippen molar-refractivity contribution in [2.24, 2.45) is 0 Å². The number of halogens is 1. The molecule has 1 aromatic rings. The number of alkyl halides is 1. The van der Waals surface area contributed by atoms with Crippen LogP contribution in [-0.2, 0) is 10.1 Å². The van der Waals surface area contributed by atoms with Crippen LogP contribution in [0.4, 0.5) is 0 Å². The fourth-order valence-corrected chi connectivity index (χ4v) is 1.49. The van der Waals surface area contributed by atoms with Gasteiger partial charge in [-0.1, -0.05) is 22.0 Å². The molecule has 14 heavy (non-hydrogen) atoms. The first-order valence-corrected chi connectivity index (χ1v) is 5.28. The predicted molar refractivity (Wildman–Crippen MR) is 58.1 cm³/mol. The standard InChI is InChI=1S/C10H13BrO3/c1-12-7-14-10-5-9(13-2)4-3-8(10)6-11/h3-5H,6-7H2,1-2H3. The molecule has 0 spiro atoms. The maximum Gasteiger partial charge on any atom is 0.188 e. The third-order valence-corrected chi connectivity index (χ3v) is 2.35. The number of hydrogen-bond acceptors (Lipinski definition) is 3. The Kier molecular flexibility index (Phi) is 4.76. The van der Waals surface area contributed by atoms with Crippen LogP contribution in [0.1, 0.15) is 5.56 Å². The van der Waals surface area contributed by atoms with Gasteiger partial charge in [0.25, 0.3) is 0 Å². The summed E-state index contributed by atoms with van der Waals surface area (Å²) in [6.45, 7) is 0.243. The van der Waals surface area contributed by atoms with Gasteiger partial charge in [0.15, 0.2) is 6.79 Å². The summed E-state index contributed by atoms with van der Waals surface area (Å²) in [7, 11) is 3.22. The number of hydrogen-bond donors (Lipinski definition) is 0. The third-order valence-electron chi connectivity index (χ3n) is 1.75. The zero-order chi connectivity index (χ0) is 10.4. The van der Waals surface area contributed by atoms with Gasteiger partial charge in [0.1, 0.15) is 11.5 Å². The van der Waals surface area contributed by atoms with Gasteiger partial charge < -0.3 is 14.2 Å². The molecule has 0 aliphatic rings. The first-order chi connectivity index (χ1) is 6.81. The molecule has 0 radical (unpaired) electrons. The van der Waals surface area contributed by atoms with Crippen LogP contribution in [0.2, 0.25) is 0 Å². The van der Waals surface area contributed by atoms with Crippen molar-refractivity contribution in [1.29, 1.82) is 0 Å². The van der Waals surface area contributed by atoms with Crippen molar-refractivity contribution in [2.45, 2.75) is 5.33 Å². The summed E-state index contributed by atoms with van der Waals surface area (Å²) >= 11 is 3.39. The van der Waals surface area contributed by atoms with Gasteiger partial charge in [0, 0.05) is 24.1 Å². The number of methoxy groups -OCH3 is 2. The molecule has 0 aliphatic carbocycles. The van der Waals surface area contributed by atoms with Crippen molar-refractivity contribution >= 4 is 15.9 Å². The fraction of sp³-hybridized carbons (Fsp3) is 0.400. The molecule has 4 heteroatoms. The molecule has 0 aromatic heterocycles. The average Bonchev–Trinajstić information content (AvgIpc) is 2.25. The molecule has 0 saturated heterocycles. The Morgan fingerprint density at radius 3 is 2.64 bits per heavy atom. The van der Waals surface area contributed by atoms with E-state index in [1.165, 1.54) is 0 Å².